The number of hydrogen-bond donors (Lipinski definition) is 3. The van der Waals surface area contributed by atoms with Crippen molar-refractivity contribution in [2.24, 2.45) is 5.14 Å². The molecule has 0 atom stereocenters. The highest BCUT2D eigenvalue weighted by atomic mass is 32.2. The lowest BCUT2D eigenvalue weighted by atomic mass is 10.2. The summed E-state index contributed by atoms with van der Waals surface area (Å²) < 4.78 is 23.5. The molecular formula is C13H20N2O4S2. The van der Waals surface area contributed by atoms with Gasteiger partial charge in [-0.3, -0.25) is 0 Å². The smallest absolute Gasteiger partial charge is 0.335 e. The highest BCUT2D eigenvalue weighted by Gasteiger charge is 2.21. The molecule has 0 heterocycles. The molecule has 1 aromatic carbocycles. The Morgan fingerprint density at radius 1 is 1.38 bits per heavy atom. The summed E-state index contributed by atoms with van der Waals surface area (Å²) >= 11 is 1.32. The minimum absolute atomic E-state index is 0.0986. The summed E-state index contributed by atoms with van der Waals surface area (Å²) in [7, 11) is -3.99. The van der Waals surface area contributed by atoms with Crippen molar-refractivity contribution in [1.29, 1.82) is 0 Å². The van der Waals surface area contributed by atoms with E-state index in [1.165, 1.54) is 17.8 Å². The first-order chi connectivity index (χ1) is 9.81. The molecule has 118 valence electrons. The van der Waals surface area contributed by atoms with Crippen LogP contribution in [-0.2, 0) is 10.0 Å². The minimum Gasteiger partial charge on any atom is -0.478 e. The van der Waals surface area contributed by atoms with E-state index in [9.17, 15) is 13.2 Å². The summed E-state index contributed by atoms with van der Waals surface area (Å²) in [5.41, 5.74) is 0.401. The molecule has 0 spiro atoms. The Hall–Kier alpha value is -1.25. The number of thioether (sulfide) groups is 1. The molecule has 8 heteroatoms. The maximum atomic E-state index is 11.7. The number of hydrogen-bond acceptors (Lipinski definition) is 5. The van der Waals surface area contributed by atoms with Gasteiger partial charge < -0.3 is 10.4 Å². The highest BCUT2D eigenvalue weighted by Crippen LogP contribution is 2.34. The van der Waals surface area contributed by atoms with Gasteiger partial charge in [-0.2, -0.15) is 0 Å². The van der Waals surface area contributed by atoms with Crippen molar-refractivity contribution in [1.82, 2.24) is 0 Å². The number of carboxylic acid groups (broad SMARTS) is 1. The van der Waals surface area contributed by atoms with E-state index in [0.717, 1.165) is 18.9 Å². The van der Waals surface area contributed by atoms with Crippen LogP contribution < -0.4 is 10.5 Å². The van der Waals surface area contributed by atoms with E-state index < -0.39 is 16.0 Å². The first kappa shape index (κ1) is 17.8. The second-order valence-electron chi connectivity index (χ2n) is 4.41. The summed E-state index contributed by atoms with van der Waals surface area (Å²) in [6, 6.07) is 2.56. The van der Waals surface area contributed by atoms with E-state index in [4.69, 9.17) is 10.2 Å². The molecular weight excluding hydrogens is 312 g/mol. The minimum atomic E-state index is -3.99. The van der Waals surface area contributed by atoms with Crippen molar-refractivity contribution in [3.05, 3.63) is 17.7 Å². The third-order valence-electron chi connectivity index (χ3n) is 2.74. The van der Waals surface area contributed by atoms with Crippen molar-refractivity contribution in [2.75, 3.05) is 17.6 Å². The Labute approximate surface area is 129 Å². The van der Waals surface area contributed by atoms with Crippen LogP contribution in [0, 0.1) is 0 Å². The number of rotatable bonds is 8. The standard InChI is InChI=1S/C13H20N2O4S2/c1-3-5-6-15-10-7-9(13(16)17)8-11(21(14,18)19)12(10)20-4-2/h7-8,15H,3-6H2,1-2H3,(H,16,17)(H2,14,18,19). The summed E-state index contributed by atoms with van der Waals surface area (Å²) in [4.78, 5) is 11.5. The Morgan fingerprint density at radius 2 is 2.05 bits per heavy atom. The van der Waals surface area contributed by atoms with Gasteiger partial charge in [0.15, 0.2) is 0 Å². The number of benzene rings is 1. The van der Waals surface area contributed by atoms with E-state index >= 15 is 0 Å². The van der Waals surface area contributed by atoms with Crippen LogP contribution in [0.5, 0.6) is 0 Å². The number of unbranched alkanes of at least 4 members (excludes halogenated alkanes) is 1. The number of carbonyl (C=O) groups is 1. The maximum absolute atomic E-state index is 11.7. The Balaban J connectivity index is 3.42. The van der Waals surface area contributed by atoms with Crippen LogP contribution in [-0.4, -0.2) is 31.8 Å². The molecule has 0 bridgehead atoms. The van der Waals surface area contributed by atoms with E-state index in [1.54, 1.807) is 0 Å². The fraction of sp³-hybridized carbons (Fsp3) is 0.462. The molecule has 0 aliphatic rings. The quantitative estimate of drug-likeness (QED) is 0.498. The number of aromatic carboxylic acids is 1. The Bertz CT molecular complexity index is 615. The number of nitrogens with two attached hydrogens (primary N) is 1. The molecule has 0 radical (unpaired) electrons. The van der Waals surface area contributed by atoms with E-state index in [1.807, 2.05) is 13.8 Å². The van der Waals surface area contributed by atoms with Gasteiger partial charge in [-0.05, 0) is 24.3 Å². The molecule has 21 heavy (non-hydrogen) atoms. The van der Waals surface area contributed by atoms with Crippen LogP contribution in [0.25, 0.3) is 0 Å². The largest absolute Gasteiger partial charge is 0.478 e. The molecule has 4 N–H and O–H groups in total. The first-order valence-electron chi connectivity index (χ1n) is 6.62. The van der Waals surface area contributed by atoms with Crippen LogP contribution in [0.1, 0.15) is 37.0 Å². The second-order valence-corrected chi connectivity index (χ2v) is 7.22. The molecule has 1 aromatic rings. The molecule has 6 nitrogen and oxygen atoms in total. The molecule has 0 fully saturated rings. The lowest BCUT2D eigenvalue weighted by Crippen LogP contribution is -2.16. The predicted octanol–water partition coefficient (Wildman–Crippen LogP) is 2.36. The number of nitrogens with one attached hydrogen (secondary N) is 1. The van der Waals surface area contributed by atoms with Crippen molar-refractivity contribution in [2.45, 2.75) is 36.5 Å². The van der Waals surface area contributed by atoms with Crippen LogP contribution in [0.2, 0.25) is 0 Å². The second kappa shape index (κ2) is 7.67. The molecule has 0 saturated carbocycles. The van der Waals surface area contributed by atoms with Crippen LogP contribution in [0.3, 0.4) is 0 Å². The van der Waals surface area contributed by atoms with Gasteiger partial charge in [-0.15, -0.1) is 11.8 Å². The van der Waals surface area contributed by atoms with Gasteiger partial charge in [0.1, 0.15) is 0 Å². The van der Waals surface area contributed by atoms with Gasteiger partial charge in [0.2, 0.25) is 10.0 Å². The number of primary sulfonamides is 1. The van der Waals surface area contributed by atoms with Gasteiger partial charge in [0.25, 0.3) is 0 Å². The van der Waals surface area contributed by atoms with Crippen LogP contribution >= 0.6 is 11.8 Å². The SMILES string of the molecule is CCCCNc1cc(C(=O)O)cc(S(N)(=O)=O)c1SCC. The topological polar surface area (TPSA) is 109 Å². The maximum Gasteiger partial charge on any atom is 0.335 e. The number of carboxylic acids is 1. The van der Waals surface area contributed by atoms with Gasteiger partial charge in [0.05, 0.1) is 21.0 Å². The van der Waals surface area contributed by atoms with Crippen molar-refractivity contribution < 1.29 is 18.3 Å². The zero-order valence-corrected chi connectivity index (χ0v) is 13.7. The fourth-order valence-electron chi connectivity index (χ4n) is 1.76. The summed E-state index contributed by atoms with van der Waals surface area (Å²) in [5.74, 6) is -0.538. The van der Waals surface area contributed by atoms with Crippen molar-refractivity contribution >= 4 is 33.4 Å². The zero-order valence-electron chi connectivity index (χ0n) is 12.0. The van der Waals surface area contributed by atoms with E-state index in [-0.39, 0.29) is 10.5 Å². The van der Waals surface area contributed by atoms with Crippen molar-refractivity contribution in [3.63, 3.8) is 0 Å². The Kier molecular flexibility index (Phi) is 6.50. The fourth-order valence-corrected chi connectivity index (χ4v) is 3.72. The molecule has 0 aromatic heterocycles. The summed E-state index contributed by atoms with van der Waals surface area (Å²) in [6.07, 6.45) is 1.88. The van der Waals surface area contributed by atoms with Gasteiger partial charge in [-0.1, -0.05) is 20.3 Å². The normalized spacial score (nSPS) is 11.4. The van der Waals surface area contributed by atoms with Crippen LogP contribution in [0.4, 0.5) is 5.69 Å². The molecule has 0 unspecified atom stereocenters. The van der Waals surface area contributed by atoms with Gasteiger partial charge in [0, 0.05) is 6.54 Å². The average molecular weight is 332 g/mol. The van der Waals surface area contributed by atoms with Gasteiger partial charge >= 0.3 is 5.97 Å². The molecule has 0 amide bonds. The van der Waals surface area contributed by atoms with Crippen molar-refractivity contribution in [3.8, 4) is 0 Å². The Morgan fingerprint density at radius 3 is 2.52 bits per heavy atom. The molecule has 1 rings (SSSR count). The van der Waals surface area contributed by atoms with Gasteiger partial charge in [-0.25, -0.2) is 18.4 Å². The highest BCUT2D eigenvalue weighted by molar-refractivity contribution is 8.00. The third kappa shape index (κ3) is 4.90. The predicted molar refractivity (Wildman–Crippen MR) is 84.6 cm³/mol. The molecule has 0 saturated heterocycles. The number of anilines is 1. The lowest BCUT2D eigenvalue weighted by molar-refractivity contribution is 0.0696. The summed E-state index contributed by atoms with van der Waals surface area (Å²) in [5, 5.41) is 17.4. The van der Waals surface area contributed by atoms with E-state index in [0.29, 0.717) is 22.9 Å². The lowest BCUT2D eigenvalue weighted by Gasteiger charge is -2.15. The van der Waals surface area contributed by atoms with E-state index in [2.05, 4.69) is 5.32 Å². The summed E-state index contributed by atoms with van der Waals surface area (Å²) in [6.45, 7) is 4.56. The molecule has 0 aliphatic carbocycles. The zero-order chi connectivity index (χ0) is 16.0. The molecule has 0 aliphatic heterocycles. The average Bonchev–Trinajstić information content (AvgIpc) is 2.39. The van der Waals surface area contributed by atoms with Crippen LogP contribution in [0.15, 0.2) is 21.9 Å². The third-order valence-corrected chi connectivity index (χ3v) is 4.82. The first-order valence-corrected chi connectivity index (χ1v) is 9.15. The number of sulfonamides is 1. The monoisotopic (exact) mass is 332 g/mol.